The predicted molar refractivity (Wildman–Crippen MR) is 106 cm³/mol. The Balaban J connectivity index is 2.04. The van der Waals surface area contributed by atoms with Gasteiger partial charge in [0.1, 0.15) is 0 Å². The molecule has 0 atom stereocenters. The first-order valence-electron chi connectivity index (χ1n) is 8.87. The van der Waals surface area contributed by atoms with Crippen LogP contribution in [0.5, 0.6) is 11.5 Å². The number of methoxy groups -OCH3 is 1. The maximum atomic E-state index is 11.9. The first-order valence-corrected chi connectivity index (χ1v) is 9.67. The van der Waals surface area contributed by atoms with Crippen molar-refractivity contribution in [1.82, 2.24) is 15.5 Å². The number of carbonyl (C=O) groups excluding carboxylic acids is 1. The largest absolute Gasteiger partial charge is 0.492 e. The van der Waals surface area contributed by atoms with Crippen LogP contribution in [0.4, 0.5) is 0 Å². The van der Waals surface area contributed by atoms with Gasteiger partial charge in [-0.15, -0.1) is 0 Å². The lowest BCUT2D eigenvalue weighted by molar-refractivity contribution is -0.122. The fraction of sp³-hybridized carbons (Fsp3) is 0.526. The number of hydrogen-bond donors (Lipinski definition) is 1. The number of aromatic nitrogens is 2. The zero-order valence-corrected chi connectivity index (χ0v) is 18.0. The molecular formula is C19H26BrN3O4. The van der Waals surface area contributed by atoms with Crippen LogP contribution in [0.2, 0.25) is 0 Å². The summed E-state index contributed by atoms with van der Waals surface area (Å²) in [7, 11) is 1.59. The summed E-state index contributed by atoms with van der Waals surface area (Å²) in [6.45, 7) is 8.29. The lowest BCUT2D eigenvalue weighted by Crippen LogP contribution is -2.40. The Morgan fingerprint density at radius 3 is 2.70 bits per heavy atom. The van der Waals surface area contributed by atoms with Crippen molar-refractivity contribution in [3.05, 3.63) is 22.5 Å². The van der Waals surface area contributed by atoms with Gasteiger partial charge in [0, 0.05) is 23.9 Å². The van der Waals surface area contributed by atoms with Crippen molar-refractivity contribution in [1.29, 1.82) is 0 Å². The lowest BCUT2D eigenvalue weighted by atomic mass is 10.1. The molecule has 1 aromatic carbocycles. The maximum Gasteiger partial charge on any atom is 0.226 e. The Morgan fingerprint density at radius 1 is 1.33 bits per heavy atom. The molecule has 0 radical (unpaired) electrons. The van der Waals surface area contributed by atoms with Crippen molar-refractivity contribution >= 4 is 21.8 Å². The summed E-state index contributed by atoms with van der Waals surface area (Å²) < 4.78 is 17.0. The Kier molecular flexibility index (Phi) is 7.24. The monoisotopic (exact) mass is 439 g/mol. The van der Waals surface area contributed by atoms with Crippen LogP contribution in [0.3, 0.4) is 0 Å². The van der Waals surface area contributed by atoms with Crippen LogP contribution in [0.15, 0.2) is 21.1 Å². The number of nitrogens with zero attached hydrogens (tertiary/aromatic N) is 2. The van der Waals surface area contributed by atoms with Crippen molar-refractivity contribution in [2.45, 2.75) is 52.5 Å². The molecule has 148 valence electrons. The first-order chi connectivity index (χ1) is 12.7. The van der Waals surface area contributed by atoms with Crippen molar-refractivity contribution < 1.29 is 18.8 Å². The summed E-state index contributed by atoms with van der Waals surface area (Å²) in [4.78, 5) is 16.3. The number of halogens is 1. The molecule has 0 spiro atoms. The number of ether oxygens (including phenoxy) is 2. The third-order valence-corrected chi connectivity index (χ3v) is 4.14. The van der Waals surface area contributed by atoms with Gasteiger partial charge < -0.3 is 19.3 Å². The van der Waals surface area contributed by atoms with Crippen molar-refractivity contribution in [2.75, 3.05) is 13.7 Å². The van der Waals surface area contributed by atoms with Crippen LogP contribution in [-0.4, -0.2) is 35.3 Å². The van der Waals surface area contributed by atoms with Crippen LogP contribution in [0.25, 0.3) is 11.4 Å². The normalized spacial score (nSPS) is 11.3. The number of aryl methyl sites for hydroxylation is 1. The summed E-state index contributed by atoms with van der Waals surface area (Å²) in [5.74, 6) is 2.21. The smallest absolute Gasteiger partial charge is 0.226 e. The van der Waals surface area contributed by atoms with Gasteiger partial charge in [-0.3, -0.25) is 4.79 Å². The van der Waals surface area contributed by atoms with E-state index in [1.807, 2.05) is 39.8 Å². The van der Waals surface area contributed by atoms with Crippen LogP contribution in [0, 0.1) is 0 Å². The summed E-state index contributed by atoms with van der Waals surface area (Å²) in [5, 5.41) is 6.97. The van der Waals surface area contributed by atoms with E-state index in [1.54, 1.807) is 7.11 Å². The maximum absolute atomic E-state index is 11.9. The molecule has 1 amide bonds. The first kappa shape index (κ1) is 21.2. The third kappa shape index (κ3) is 6.23. The van der Waals surface area contributed by atoms with E-state index >= 15 is 0 Å². The fourth-order valence-electron chi connectivity index (χ4n) is 2.51. The fourth-order valence-corrected chi connectivity index (χ4v) is 3.12. The topological polar surface area (TPSA) is 86.5 Å². The summed E-state index contributed by atoms with van der Waals surface area (Å²) >= 11 is 3.48. The molecule has 0 saturated carbocycles. The predicted octanol–water partition coefficient (Wildman–Crippen LogP) is 4.14. The second kappa shape index (κ2) is 9.21. The number of amides is 1. The number of benzene rings is 1. The molecule has 0 bridgehead atoms. The van der Waals surface area contributed by atoms with E-state index in [0.717, 1.165) is 10.0 Å². The molecule has 8 heteroatoms. The molecule has 27 heavy (non-hydrogen) atoms. The minimum absolute atomic E-state index is 0.0164. The number of nitrogens with one attached hydrogen (secondary N) is 1. The quantitative estimate of drug-likeness (QED) is 0.664. The molecule has 0 saturated heterocycles. The zero-order chi connectivity index (χ0) is 20.0. The minimum Gasteiger partial charge on any atom is -0.492 e. The zero-order valence-electron chi connectivity index (χ0n) is 16.4. The van der Waals surface area contributed by atoms with Gasteiger partial charge >= 0.3 is 0 Å². The van der Waals surface area contributed by atoms with Crippen LogP contribution in [-0.2, 0) is 11.2 Å². The van der Waals surface area contributed by atoms with Crippen LogP contribution >= 0.6 is 15.9 Å². The number of hydrogen-bond acceptors (Lipinski definition) is 6. The highest BCUT2D eigenvalue weighted by atomic mass is 79.9. The number of rotatable bonds is 8. The average molecular weight is 440 g/mol. The van der Waals surface area contributed by atoms with Crippen LogP contribution < -0.4 is 14.8 Å². The number of carbonyl (C=O) groups is 1. The summed E-state index contributed by atoms with van der Waals surface area (Å²) in [5.41, 5.74) is 0.529. The third-order valence-electron chi connectivity index (χ3n) is 3.55. The summed E-state index contributed by atoms with van der Waals surface area (Å²) in [6.07, 6.45) is 1.60. The molecule has 2 aromatic rings. The van der Waals surface area contributed by atoms with Gasteiger partial charge in [0.15, 0.2) is 11.5 Å². The minimum atomic E-state index is -0.227. The second-order valence-electron chi connectivity index (χ2n) is 7.09. The van der Waals surface area contributed by atoms with Gasteiger partial charge in [-0.1, -0.05) is 5.16 Å². The SMILES string of the molecule is CCOc1cc(-c2noc(CCCC(=O)NC(C)(C)C)n2)cc(Br)c1OC. The highest BCUT2D eigenvalue weighted by molar-refractivity contribution is 9.10. The molecule has 1 N–H and O–H groups in total. The van der Waals surface area contributed by atoms with Crippen molar-refractivity contribution in [3.63, 3.8) is 0 Å². The molecule has 1 heterocycles. The second-order valence-corrected chi connectivity index (χ2v) is 7.94. The van der Waals surface area contributed by atoms with Gasteiger partial charge in [-0.2, -0.15) is 4.98 Å². The van der Waals surface area contributed by atoms with Gasteiger partial charge in [0.05, 0.1) is 18.2 Å². The van der Waals surface area contributed by atoms with E-state index in [4.69, 9.17) is 14.0 Å². The lowest BCUT2D eigenvalue weighted by Gasteiger charge is -2.20. The molecule has 0 aliphatic heterocycles. The molecule has 1 aromatic heterocycles. The standard InChI is InChI=1S/C19H26BrN3O4/c1-6-26-14-11-12(10-13(20)17(14)25-5)18-21-16(27-23-18)9-7-8-15(24)22-19(2,3)4/h10-11H,6-9H2,1-5H3,(H,22,24). The van der Waals surface area contributed by atoms with Crippen LogP contribution in [0.1, 0.15) is 46.4 Å². The molecule has 2 rings (SSSR count). The van der Waals surface area contributed by atoms with Crippen molar-refractivity contribution in [3.8, 4) is 22.9 Å². The Morgan fingerprint density at radius 2 is 2.07 bits per heavy atom. The van der Waals surface area contributed by atoms with E-state index in [2.05, 4.69) is 31.4 Å². The highest BCUT2D eigenvalue weighted by Crippen LogP contribution is 2.39. The molecule has 0 unspecified atom stereocenters. The molecular weight excluding hydrogens is 414 g/mol. The highest BCUT2D eigenvalue weighted by Gasteiger charge is 2.17. The van der Waals surface area contributed by atoms with E-state index < -0.39 is 0 Å². The molecule has 0 aliphatic carbocycles. The Hall–Kier alpha value is -2.09. The van der Waals surface area contributed by atoms with Gasteiger partial charge in [-0.25, -0.2) is 0 Å². The van der Waals surface area contributed by atoms with Crippen molar-refractivity contribution in [2.24, 2.45) is 0 Å². The van der Waals surface area contributed by atoms with Gasteiger partial charge in [0.2, 0.25) is 17.6 Å². The Bertz CT molecular complexity index is 784. The summed E-state index contributed by atoms with van der Waals surface area (Å²) in [6, 6.07) is 3.67. The van der Waals surface area contributed by atoms with Gasteiger partial charge in [-0.05, 0) is 62.2 Å². The Labute approximate surface area is 167 Å². The average Bonchev–Trinajstić information content (AvgIpc) is 3.02. The van der Waals surface area contributed by atoms with E-state index in [-0.39, 0.29) is 11.4 Å². The molecule has 7 nitrogen and oxygen atoms in total. The molecule has 0 aliphatic rings. The van der Waals surface area contributed by atoms with E-state index in [1.165, 1.54) is 0 Å². The van der Waals surface area contributed by atoms with E-state index in [0.29, 0.717) is 49.1 Å². The molecule has 0 fully saturated rings. The van der Waals surface area contributed by atoms with E-state index in [9.17, 15) is 4.79 Å². The van der Waals surface area contributed by atoms with Gasteiger partial charge in [0.25, 0.3) is 0 Å².